The number of nitrogens with one attached hydrogen (secondary N) is 1. The van der Waals surface area contributed by atoms with E-state index in [4.69, 9.17) is 5.11 Å². The van der Waals surface area contributed by atoms with Crippen LogP contribution in [0.4, 0.5) is 0 Å². The number of hydrogen-bond acceptors (Lipinski definition) is 4. The normalized spacial score (nSPS) is 10.7. The Morgan fingerprint density at radius 2 is 2.00 bits per heavy atom. The molecular formula is C13H15N3O3. The van der Waals surface area contributed by atoms with Gasteiger partial charge in [-0.05, 0) is 31.0 Å². The largest absolute Gasteiger partial charge is 0.394 e. The van der Waals surface area contributed by atoms with Gasteiger partial charge in [0.1, 0.15) is 0 Å². The van der Waals surface area contributed by atoms with Crippen molar-refractivity contribution in [3.63, 3.8) is 0 Å². The highest BCUT2D eigenvalue weighted by atomic mass is 16.3. The quantitative estimate of drug-likeness (QED) is 0.826. The number of benzene rings is 1. The SMILES string of the molecule is Cc1ccc(-c2nn(CCO)c(=O)[nH]c2=O)cc1C. The standard InChI is InChI=1S/C13H15N3O3/c1-8-3-4-10(7-9(8)2)11-12(18)14-13(19)16(15-11)5-6-17/h3-4,7,17H,5-6H2,1-2H3,(H,14,18,19). The van der Waals surface area contributed by atoms with Crippen molar-refractivity contribution in [2.45, 2.75) is 20.4 Å². The third-order valence-corrected chi connectivity index (χ3v) is 2.98. The number of rotatable bonds is 3. The molecule has 2 N–H and O–H groups in total. The summed E-state index contributed by atoms with van der Waals surface area (Å²) in [5.74, 6) is 0. The topological polar surface area (TPSA) is 88.0 Å². The number of aromatic nitrogens is 3. The lowest BCUT2D eigenvalue weighted by molar-refractivity contribution is 0.265. The van der Waals surface area contributed by atoms with E-state index in [1.807, 2.05) is 26.0 Å². The smallest absolute Gasteiger partial charge is 0.344 e. The Bertz CT molecular complexity index is 716. The van der Waals surface area contributed by atoms with E-state index >= 15 is 0 Å². The third-order valence-electron chi connectivity index (χ3n) is 2.98. The van der Waals surface area contributed by atoms with Gasteiger partial charge in [0, 0.05) is 5.56 Å². The van der Waals surface area contributed by atoms with Gasteiger partial charge in [-0.2, -0.15) is 5.10 Å². The van der Waals surface area contributed by atoms with Gasteiger partial charge in [-0.25, -0.2) is 9.48 Å². The Morgan fingerprint density at radius 1 is 1.26 bits per heavy atom. The average Bonchev–Trinajstić information content (AvgIpc) is 2.36. The minimum absolute atomic E-state index is 0.0491. The maximum atomic E-state index is 11.8. The minimum atomic E-state index is -0.619. The summed E-state index contributed by atoms with van der Waals surface area (Å²) in [6.07, 6.45) is 0. The molecule has 2 aromatic rings. The van der Waals surface area contributed by atoms with Crippen LogP contribution in [0.3, 0.4) is 0 Å². The maximum absolute atomic E-state index is 11.8. The van der Waals surface area contributed by atoms with Crippen molar-refractivity contribution in [1.29, 1.82) is 0 Å². The Labute approximate surface area is 109 Å². The first-order valence-electron chi connectivity index (χ1n) is 5.93. The molecule has 6 nitrogen and oxygen atoms in total. The number of nitrogens with zero attached hydrogens (tertiary/aromatic N) is 2. The monoisotopic (exact) mass is 261 g/mol. The fourth-order valence-corrected chi connectivity index (χ4v) is 1.76. The van der Waals surface area contributed by atoms with Crippen LogP contribution >= 0.6 is 0 Å². The van der Waals surface area contributed by atoms with Gasteiger partial charge in [0.25, 0.3) is 5.56 Å². The molecule has 0 aliphatic heterocycles. The predicted octanol–water partition coefficient (Wildman–Crippen LogP) is 0.208. The molecule has 0 atom stereocenters. The zero-order valence-electron chi connectivity index (χ0n) is 10.8. The van der Waals surface area contributed by atoms with Gasteiger partial charge >= 0.3 is 5.69 Å². The van der Waals surface area contributed by atoms with Crippen LogP contribution in [0.5, 0.6) is 0 Å². The molecule has 1 aromatic carbocycles. The molecule has 0 spiro atoms. The van der Waals surface area contributed by atoms with E-state index in [1.54, 1.807) is 6.07 Å². The third kappa shape index (κ3) is 2.63. The first-order valence-corrected chi connectivity index (χ1v) is 5.93. The highest BCUT2D eigenvalue weighted by Gasteiger charge is 2.09. The van der Waals surface area contributed by atoms with Crippen molar-refractivity contribution in [2.24, 2.45) is 0 Å². The number of H-pyrrole nitrogens is 1. The predicted molar refractivity (Wildman–Crippen MR) is 71.1 cm³/mol. The molecular weight excluding hydrogens is 246 g/mol. The number of aromatic amines is 1. The molecule has 0 unspecified atom stereocenters. The minimum Gasteiger partial charge on any atom is -0.394 e. The van der Waals surface area contributed by atoms with E-state index in [1.165, 1.54) is 0 Å². The summed E-state index contributed by atoms with van der Waals surface area (Å²) < 4.78 is 1.05. The molecule has 0 saturated heterocycles. The zero-order valence-corrected chi connectivity index (χ0v) is 10.8. The molecule has 0 fully saturated rings. The molecule has 0 bridgehead atoms. The van der Waals surface area contributed by atoms with E-state index in [0.29, 0.717) is 5.56 Å². The summed E-state index contributed by atoms with van der Waals surface area (Å²) in [7, 11) is 0. The van der Waals surface area contributed by atoms with Crippen LogP contribution in [-0.4, -0.2) is 26.5 Å². The summed E-state index contributed by atoms with van der Waals surface area (Å²) in [5.41, 5.74) is 1.84. The lowest BCUT2D eigenvalue weighted by Gasteiger charge is -2.06. The lowest BCUT2D eigenvalue weighted by Crippen LogP contribution is -2.34. The fraction of sp³-hybridized carbons (Fsp3) is 0.308. The van der Waals surface area contributed by atoms with Crippen molar-refractivity contribution in [3.8, 4) is 11.3 Å². The molecule has 0 radical (unpaired) electrons. The van der Waals surface area contributed by atoms with Crippen molar-refractivity contribution in [3.05, 3.63) is 50.2 Å². The molecule has 2 rings (SSSR count). The van der Waals surface area contributed by atoms with Crippen LogP contribution < -0.4 is 11.2 Å². The summed E-state index contributed by atoms with van der Waals surface area (Å²) in [6.45, 7) is 3.75. The van der Waals surface area contributed by atoms with E-state index < -0.39 is 11.2 Å². The molecule has 0 aliphatic carbocycles. The summed E-state index contributed by atoms with van der Waals surface area (Å²) in [6, 6.07) is 5.53. The molecule has 1 aromatic heterocycles. The van der Waals surface area contributed by atoms with Crippen LogP contribution in [0.25, 0.3) is 11.3 Å². The Kier molecular flexibility index (Phi) is 3.62. The number of aliphatic hydroxyl groups excluding tert-OH is 1. The number of aryl methyl sites for hydroxylation is 2. The second-order valence-corrected chi connectivity index (χ2v) is 4.35. The number of aliphatic hydroxyl groups is 1. The molecule has 1 heterocycles. The maximum Gasteiger partial charge on any atom is 0.344 e. The van der Waals surface area contributed by atoms with Crippen LogP contribution in [-0.2, 0) is 6.54 Å². The lowest BCUT2D eigenvalue weighted by atomic mass is 10.0. The first kappa shape index (κ1) is 13.2. The van der Waals surface area contributed by atoms with Crippen LogP contribution in [0.15, 0.2) is 27.8 Å². The van der Waals surface area contributed by atoms with Gasteiger partial charge in [0.2, 0.25) is 0 Å². The van der Waals surface area contributed by atoms with Crippen LogP contribution in [0.1, 0.15) is 11.1 Å². The molecule has 0 saturated carbocycles. The molecule has 6 heteroatoms. The van der Waals surface area contributed by atoms with E-state index in [0.717, 1.165) is 15.8 Å². The van der Waals surface area contributed by atoms with Gasteiger partial charge < -0.3 is 5.11 Å². The second-order valence-electron chi connectivity index (χ2n) is 4.35. The van der Waals surface area contributed by atoms with Gasteiger partial charge in [-0.15, -0.1) is 0 Å². The van der Waals surface area contributed by atoms with Crippen LogP contribution in [0, 0.1) is 13.8 Å². The molecule has 0 amide bonds. The summed E-state index contributed by atoms with van der Waals surface area (Å²) in [5, 5.41) is 12.9. The summed E-state index contributed by atoms with van der Waals surface area (Å²) in [4.78, 5) is 25.5. The highest BCUT2D eigenvalue weighted by Crippen LogP contribution is 2.16. The van der Waals surface area contributed by atoms with Crippen LogP contribution in [0.2, 0.25) is 0 Å². The molecule has 0 aliphatic rings. The van der Waals surface area contributed by atoms with Gasteiger partial charge in [-0.3, -0.25) is 9.78 Å². The number of hydrogen-bond donors (Lipinski definition) is 2. The van der Waals surface area contributed by atoms with Crippen molar-refractivity contribution < 1.29 is 5.11 Å². The molecule has 100 valence electrons. The zero-order chi connectivity index (χ0) is 14.0. The van der Waals surface area contributed by atoms with Crippen molar-refractivity contribution >= 4 is 0 Å². The Hall–Kier alpha value is -2.21. The van der Waals surface area contributed by atoms with Gasteiger partial charge in [-0.1, -0.05) is 12.1 Å². The van der Waals surface area contributed by atoms with Crippen molar-refractivity contribution in [1.82, 2.24) is 14.8 Å². The average molecular weight is 261 g/mol. The molecule has 19 heavy (non-hydrogen) atoms. The van der Waals surface area contributed by atoms with Gasteiger partial charge in [0.15, 0.2) is 5.69 Å². The van der Waals surface area contributed by atoms with Crippen molar-refractivity contribution in [2.75, 3.05) is 6.61 Å². The van der Waals surface area contributed by atoms with E-state index in [9.17, 15) is 9.59 Å². The Morgan fingerprint density at radius 3 is 2.63 bits per heavy atom. The second kappa shape index (κ2) is 5.19. The fourth-order valence-electron chi connectivity index (χ4n) is 1.76. The van der Waals surface area contributed by atoms with E-state index in [2.05, 4.69) is 10.1 Å². The van der Waals surface area contributed by atoms with E-state index in [-0.39, 0.29) is 18.8 Å². The first-order chi connectivity index (χ1) is 9.02. The summed E-state index contributed by atoms with van der Waals surface area (Å²) >= 11 is 0. The van der Waals surface area contributed by atoms with Gasteiger partial charge in [0.05, 0.1) is 13.2 Å². The highest BCUT2D eigenvalue weighted by molar-refractivity contribution is 5.59. The Balaban J connectivity index is 2.61.